The van der Waals surface area contributed by atoms with Crippen LogP contribution in [0.25, 0.3) is 0 Å². The second-order valence-corrected chi connectivity index (χ2v) is 6.32. The van der Waals surface area contributed by atoms with Crippen LogP contribution in [0.4, 0.5) is 0 Å². The molecule has 0 unspecified atom stereocenters. The topological polar surface area (TPSA) is 61.5 Å². The third kappa shape index (κ3) is 6.72. The van der Waals surface area contributed by atoms with Gasteiger partial charge in [0.25, 0.3) is 0 Å². The van der Waals surface area contributed by atoms with Crippen LogP contribution in [0.3, 0.4) is 0 Å². The van der Waals surface area contributed by atoms with Crippen molar-refractivity contribution in [3.8, 4) is 5.75 Å². The van der Waals surface area contributed by atoms with E-state index in [0.29, 0.717) is 13.0 Å². The molecular formula is C23H24ClNO3. The third-order valence-corrected chi connectivity index (χ3v) is 4.15. The summed E-state index contributed by atoms with van der Waals surface area (Å²) in [6.45, 7) is 0.755. The molecule has 2 N–H and O–H groups in total. The standard InChI is InChI=1S/C23H23NO3.ClH/c24-22(23(25)27-17-20-9-5-2-6-10-20)15-18-11-13-21(14-12-18)26-16-19-7-3-1-4-8-19;/h1-14,22H,15-17,24H2;1H/t22-;/m0./s1. The number of esters is 1. The van der Waals surface area contributed by atoms with E-state index in [0.717, 1.165) is 22.4 Å². The van der Waals surface area contributed by atoms with Crippen molar-refractivity contribution in [2.24, 2.45) is 5.73 Å². The minimum atomic E-state index is -0.690. The molecule has 0 heterocycles. The number of carbonyl (C=O) groups excluding carboxylic acids is 1. The van der Waals surface area contributed by atoms with Crippen LogP contribution in [0.15, 0.2) is 84.9 Å². The highest BCUT2D eigenvalue weighted by Crippen LogP contribution is 2.15. The SMILES string of the molecule is Cl.N[C@@H](Cc1ccc(OCc2ccccc2)cc1)C(=O)OCc1ccccc1. The van der Waals surface area contributed by atoms with E-state index in [9.17, 15) is 4.79 Å². The lowest BCUT2D eigenvalue weighted by Crippen LogP contribution is -2.34. The quantitative estimate of drug-likeness (QED) is 0.575. The number of carbonyl (C=O) groups is 1. The number of hydrogen-bond acceptors (Lipinski definition) is 4. The Morgan fingerprint density at radius 3 is 1.86 bits per heavy atom. The Kier molecular flexibility index (Phi) is 8.53. The van der Waals surface area contributed by atoms with Gasteiger partial charge in [0.05, 0.1) is 0 Å². The van der Waals surface area contributed by atoms with Crippen molar-refractivity contribution in [3.63, 3.8) is 0 Å². The molecule has 0 saturated carbocycles. The lowest BCUT2D eigenvalue weighted by molar-refractivity contribution is -0.146. The monoisotopic (exact) mass is 397 g/mol. The van der Waals surface area contributed by atoms with Crippen LogP contribution in [0.1, 0.15) is 16.7 Å². The van der Waals surface area contributed by atoms with Gasteiger partial charge in [-0.25, -0.2) is 0 Å². The van der Waals surface area contributed by atoms with E-state index in [2.05, 4.69) is 0 Å². The van der Waals surface area contributed by atoms with Gasteiger partial charge in [-0.3, -0.25) is 4.79 Å². The number of nitrogens with two attached hydrogens (primary N) is 1. The first-order chi connectivity index (χ1) is 13.2. The molecule has 0 aliphatic rings. The minimum absolute atomic E-state index is 0. The minimum Gasteiger partial charge on any atom is -0.489 e. The van der Waals surface area contributed by atoms with Gasteiger partial charge < -0.3 is 15.2 Å². The lowest BCUT2D eigenvalue weighted by atomic mass is 10.1. The van der Waals surface area contributed by atoms with Crippen LogP contribution in [0.5, 0.6) is 5.75 Å². The summed E-state index contributed by atoms with van der Waals surface area (Å²) in [6, 6.07) is 26.5. The average Bonchev–Trinajstić information content (AvgIpc) is 2.73. The van der Waals surface area contributed by atoms with E-state index in [1.54, 1.807) is 0 Å². The predicted octanol–water partition coefficient (Wildman–Crippen LogP) is 4.30. The summed E-state index contributed by atoms with van der Waals surface area (Å²) in [5.74, 6) is 0.381. The highest BCUT2D eigenvalue weighted by Gasteiger charge is 2.15. The maximum atomic E-state index is 12.1. The molecule has 1 atom stereocenters. The average molecular weight is 398 g/mol. The fraction of sp³-hybridized carbons (Fsp3) is 0.174. The number of hydrogen-bond donors (Lipinski definition) is 1. The Labute approximate surface area is 171 Å². The Hall–Kier alpha value is -2.82. The molecular weight excluding hydrogens is 374 g/mol. The third-order valence-electron chi connectivity index (χ3n) is 4.15. The molecule has 28 heavy (non-hydrogen) atoms. The largest absolute Gasteiger partial charge is 0.489 e. The van der Waals surface area contributed by atoms with E-state index in [1.165, 1.54) is 0 Å². The van der Waals surface area contributed by atoms with E-state index in [1.807, 2.05) is 84.9 Å². The number of rotatable bonds is 8. The van der Waals surface area contributed by atoms with Gasteiger partial charge in [0.1, 0.15) is 25.0 Å². The summed E-state index contributed by atoms with van der Waals surface area (Å²) in [5.41, 5.74) is 9.00. The van der Waals surface area contributed by atoms with Gasteiger partial charge in [0.15, 0.2) is 0 Å². The Morgan fingerprint density at radius 1 is 0.750 bits per heavy atom. The van der Waals surface area contributed by atoms with Crippen molar-refractivity contribution in [1.29, 1.82) is 0 Å². The van der Waals surface area contributed by atoms with Crippen molar-refractivity contribution in [2.45, 2.75) is 25.7 Å². The van der Waals surface area contributed by atoms with Gasteiger partial charge >= 0.3 is 5.97 Å². The van der Waals surface area contributed by atoms with Crippen molar-refractivity contribution < 1.29 is 14.3 Å². The van der Waals surface area contributed by atoms with Crippen LogP contribution in [-0.4, -0.2) is 12.0 Å². The molecule has 4 nitrogen and oxygen atoms in total. The molecule has 0 saturated heterocycles. The molecule has 3 rings (SSSR count). The molecule has 0 aliphatic heterocycles. The smallest absolute Gasteiger partial charge is 0.323 e. The highest BCUT2D eigenvalue weighted by molar-refractivity contribution is 5.85. The van der Waals surface area contributed by atoms with Gasteiger partial charge in [-0.1, -0.05) is 72.8 Å². The maximum Gasteiger partial charge on any atom is 0.323 e. The molecule has 0 radical (unpaired) electrons. The Balaban J connectivity index is 0.00000280. The summed E-state index contributed by atoms with van der Waals surface area (Å²) in [4.78, 5) is 12.1. The Bertz CT molecular complexity index is 839. The molecule has 146 valence electrons. The predicted molar refractivity (Wildman–Crippen MR) is 112 cm³/mol. The van der Waals surface area contributed by atoms with Gasteiger partial charge in [0.2, 0.25) is 0 Å². The van der Waals surface area contributed by atoms with Crippen molar-refractivity contribution in [1.82, 2.24) is 0 Å². The maximum absolute atomic E-state index is 12.1. The summed E-state index contributed by atoms with van der Waals surface area (Å²) in [7, 11) is 0. The molecule has 0 aliphatic carbocycles. The van der Waals surface area contributed by atoms with E-state index >= 15 is 0 Å². The van der Waals surface area contributed by atoms with Crippen molar-refractivity contribution in [2.75, 3.05) is 0 Å². The first-order valence-electron chi connectivity index (χ1n) is 8.92. The second kappa shape index (κ2) is 11.1. The first-order valence-corrected chi connectivity index (χ1v) is 8.92. The lowest BCUT2D eigenvalue weighted by Gasteiger charge is -2.12. The Morgan fingerprint density at radius 2 is 1.29 bits per heavy atom. The van der Waals surface area contributed by atoms with Gasteiger partial charge in [-0.2, -0.15) is 0 Å². The zero-order chi connectivity index (χ0) is 18.9. The fourth-order valence-electron chi connectivity index (χ4n) is 2.64. The summed E-state index contributed by atoms with van der Waals surface area (Å²) in [6.07, 6.45) is 0.423. The molecule has 0 aromatic heterocycles. The van der Waals surface area contributed by atoms with Crippen LogP contribution in [0, 0.1) is 0 Å². The normalized spacial score (nSPS) is 11.2. The molecule has 3 aromatic carbocycles. The van der Waals surface area contributed by atoms with Crippen molar-refractivity contribution in [3.05, 3.63) is 102 Å². The number of halogens is 1. The van der Waals surface area contributed by atoms with Gasteiger partial charge in [0, 0.05) is 0 Å². The second-order valence-electron chi connectivity index (χ2n) is 6.32. The zero-order valence-corrected chi connectivity index (χ0v) is 16.3. The number of ether oxygens (including phenoxy) is 2. The molecule has 0 amide bonds. The molecule has 0 bridgehead atoms. The van der Waals surface area contributed by atoms with E-state index < -0.39 is 12.0 Å². The van der Waals surface area contributed by atoms with Crippen LogP contribution in [-0.2, 0) is 29.2 Å². The van der Waals surface area contributed by atoms with Crippen LogP contribution >= 0.6 is 12.4 Å². The number of benzene rings is 3. The summed E-state index contributed by atoms with van der Waals surface area (Å²) >= 11 is 0. The highest BCUT2D eigenvalue weighted by atomic mass is 35.5. The van der Waals surface area contributed by atoms with Crippen LogP contribution in [0.2, 0.25) is 0 Å². The summed E-state index contributed by atoms with van der Waals surface area (Å²) < 4.78 is 11.0. The van der Waals surface area contributed by atoms with Gasteiger partial charge in [-0.05, 0) is 35.2 Å². The van der Waals surface area contributed by atoms with E-state index in [4.69, 9.17) is 15.2 Å². The first kappa shape index (κ1) is 21.5. The van der Waals surface area contributed by atoms with E-state index in [-0.39, 0.29) is 19.0 Å². The van der Waals surface area contributed by atoms with Crippen LogP contribution < -0.4 is 10.5 Å². The van der Waals surface area contributed by atoms with Crippen molar-refractivity contribution >= 4 is 18.4 Å². The molecule has 0 spiro atoms. The molecule has 3 aromatic rings. The molecule has 5 heteroatoms. The molecule has 0 fully saturated rings. The van der Waals surface area contributed by atoms with Gasteiger partial charge in [-0.15, -0.1) is 12.4 Å². The fourth-order valence-corrected chi connectivity index (χ4v) is 2.64. The summed E-state index contributed by atoms with van der Waals surface area (Å²) in [5, 5.41) is 0. The zero-order valence-electron chi connectivity index (χ0n) is 15.5.